The Labute approximate surface area is 175 Å². The molecule has 6 nitrogen and oxygen atoms in total. The molecule has 30 heavy (non-hydrogen) atoms. The van der Waals surface area contributed by atoms with Crippen molar-refractivity contribution >= 4 is 29.7 Å². The van der Waals surface area contributed by atoms with Gasteiger partial charge in [0.25, 0.3) is 0 Å². The maximum Gasteiger partial charge on any atom is 0.418 e. The minimum atomic E-state index is -4.59. The first-order chi connectivity index (χ1) is 14.2. The molecular weight excluding hydrogens is 419 g/mol. The fourth-order valence-corrected chi connectivity index (χ4v) is 3.46. The van der Waals surface area contributed by atoms with Gasteiger partial charge >= 0.3 is 6.18 Å². The summed E-state index contributed by atoms with van der Waals surface area (Å²) in [6.07, 6.45) is -3.49. The lowest BCUT2D eigenvalue weighted by Gasteiger charge is -2.15. The minimum absolute atomic E-state index is 0.0135. The van der Waals surface area contributed by atoms with Crippen molar-refractivity contribution in [3.8, 4) is 17.2 Å². The summed E-state index contributed by atoms with van der Waals surface area (Å²) in [6.45, 7) is 0.509. The van der Waals surface area contributed by atoms with Crippen LogP contribution in [0, 0.1) is 16.7 Å². The number of benzene rings is 2. The lowest BCUT2D eigenvalue weighted by molar-refractivity contribution is -0.137. The predicted molar refractivity (Wildman–Crippen MR) is 106 cm³/mol. The van der Waals surface area contributed by atoms with Gasteiger partial charge in [0.05, 0.1) is 23.5 Å². The second-order valence-corrected chi connectivity index (χ2v) is 6.90. The number of halogens is 4. The van der Waals surface area contributed by atoms with Gasteiger partial charge in [0.2, 0.25) is 11.7 Å². The molecule has 2 aromatic carbocycles. The third-order valence-electron chi connectivity index (χ3n) is 4.53. The zero-order valence-electron chi connectivity index (χ0n) is 15.4. The van der Waals surface area contributed by atoms with Crippen LogP contribution in [0.4, 0.5) is 13.2 Å². The van der Waals surface area contributed by atoms with E-state index in [0.29, 0.717) is 12.1 Å². The van der Waals surface area contributed by atoms with Gasteiger partial charge in [0.1, 0.15) is 6.07 Å². The number of nitrogens with zero attached hydrogens (tertiary/aromatic N) is 3. The number of fused-ring (bicyclic) bond motifs is 1. The second kappa shape index (κ2) is 8.55. The first-order valence-electron chi connectivity index (χ1n) is 8.71. The SMILES string of the molecule is N#CC(=N)/N=C\NCC(=O)N1Cc2ccc(-c3cccc(Cl)c3C(F)(F)F)cc2C1. The zero-order chi connectivity index (χ0) is 21.9. The third kappa shape index (κ3) is 4.60. The van der Waals surface area contributed by atoms with Crippen LogP contribution in [0.25, 0.3) is 11.1 Å². The van der Waals surface area contributed by atoms with Crippen LogP contribution in [0.2, 0.25) is 5.02 Å². The Kier molecular flexibility index (Phi) is 6.08. The summed E-state index contributed by atoms with van der Waals surface area (Å²) in [5.41, 5.74) is 1.08. The average Bonchev–Trinajstić information content (AvgIpc) is 3.13. The molecule has 0 fully saturated rings. The highest BCUT2D eigenvalue weighted by Crippen LogP contribution is 2.42. The Morgan fingerprint density at radius 3 is 2.73 bits per heavy atom. The van der Waals surface area contributed by atoms with Crippen LogP contribution in [0.5, 0.6) is 0 Å². The number of aliphatic imine (C=N–C) groups is 1. The smallest absolute Gasteiger partial charge is 0.367 e. The van der Waals surface area contributed by atoms with Crippen molar-refractivity contribution in [1.29, 1.82) is 10.7 Å². The highest BCUT2D eigenvalue weighted by Gasteiger charge is 2.36. The van der Waals surface area contributed by atoms with Crippen LogP contribution in [-0.2, 0) is 24.1 Å². The molecule has 1 aliphatic rings. The van der Waals surface area contributed by atoms with Gasteiger partial charge in [-0.3, -0.25) is 10.2 Å². The van der Waals surface area contributed by atoms with Gasteiger partial charge in [-0.15, -0.1) is 0 Å². The fraction of sp³-hybridized carbons (Fsp3) is 0.200. The zero-order valence-corrected chi connectivity index (χ0v) is 16.2. The summed E-state index contributed by atoms with van der Waals surface area (Å²) in [7, 11) is 0. The summed E-state index contributed by atoms with van der Waals surface area (Å²) in [6, 6.07) is 10.5. The van der Waals surface area contributed by atoms with Gasteiger partial charge in [-0.25, -0.2) is 4.99 Å². The molecule has 2 N–H and O–H groups in total. The number of carbonyl (C=O) groups is 1. The number of rotatable bonds is 4. The topological polar surface area (TPSA) is 92.3 Å². The van der Waals surface area contributed by atoms with E-state index in [-0.39, 0.29) is 29.6 Å². The molecule has 0 saturated carbocycles. The maximum atomic E-state index is 13.5. The van der Waals surface area contributed by atoms with Crippen LogP contribution in [0.1, 0.15) is 16.7 Å². The van der Waals surface area contributed by atoms with Crippen molar-refractivity contribution in [2.45, 2.75) is 19.3 Å². The Morgan fingerprint density at radius 2 is 2.03 bits per heavy atom. The number of alkyl halides is 3. The number of hydrogen-bond acceptors (Lipinski definition) is 3. The van der Waals surface area contributed by atoms with Crippen molar-refractivity contribution in [3.63, 3.8) is 0 Å². The van der Waals surface area contributed by atoms with E-state index in [2.05, 4.69) is 10.3 Å². The third-order valence-corrected chi connectivity index (χ3v) is 4.85. The van der Waals surface area contributed by atoms with E-state index in [1.165, 1.54) is 24.3 Å². The Hall–Kier alpha value is -3.38. The molecule has 0 unspecified atom stereocenters. The van der Waals surface area contributed by atoms with E-state index in [0.717, 1.165) is 17.5 Å². The average molecular weight is 434 g/mol. The van der Waals surface area contributed by atoms with E-state index in [1.807, 2.05) is 0 Å². The second-order valence-electron chi connectivity index (χ2n) is 6.49. The molecule has 0 atom stereocenters. The minimum Gasteiger partial charge on any atom is -0.367 e. The van der Waals surface area contributed by atoms with E-state index in [1.54, 1.807) is 23.1 Å². The molecule has 0 saturated heterocycles. The molecule has 3 rings (SSSR count). The number of nitriles is 1. The molecule has 0 spiro atoms. The van der Waals surface area contributed by atoms with Gasteiger partial charge in [-0.05, 0) is 34.4 Å². The van der Waals surface area contributed by atoms with Crippen molar-refractivity contribution in [2.24, 2.45) is 4.99 Å². The Balaban J connectivity index is 1.76. The van der Waals surface area contributed by atoms with Crippen LogP contribution >= 0.6 is 11.6 Å². The molecule has 10 heteroatoms. The number of nitrogens with one attached hydrogen (secondary N) is 2. The highest BCUT2D eigenvalue weighted by molar-refractivity contribution is 6.31. The summed E-state index contributed by atoms with van der Waals surface area (Å²) in [4.78, 5) is 17.4. The fourth-order valence-electron chi connectivity index (χ4n) is 3.18. The molecule has 0 bridgehead atoms. The summed E-state index contributed by atoms with van der Waals surface area (Å²) < 4.78 is 40.4. The van der Waals surface area contributed by atoms with Crippen LogP contribution in [-0.4, -0.2) is 29.5 Å². The van der Waals surface area contributed by atoms with E-state index >= 15 is 0 Å². The predicted octanol–water partition coefficient (Wildman–Crippen LogP) is 3.99. The first kappa shape index (κ1) is 21.3. The normalized spacial score (nSPS) is 13.2. The molecule has 1 heterocycles. The van der Waals surface area contributed by atoms with Crippen LogP contribution < -0.4 is 5.32 Å². The lowest BCUT2D eigenvalue weighted by Crippen LogP contribution is -2.34. The van der Waals surface area contributed by atoms with Crippen LogP contribution in [0.15, 0.2) is 41.4 Å². The van der Waals surface area contributed by atoms with Gasteiger partial charge in [-0.2, -0.15) is 18.4 Å². The molecule has 0 radical (unpaired) electrons. The largest absolute Gasteiger partial charge is 0.418 e. The monoisotopic (exact) mass is 433 g/mol. The van der Waals surface area contributed by atoms with Crippen molar-refractivity contribution < 1.29 is 18.0 Å². The number of amides is 1. The van der Waals surface area contributed by atoms with Gasteiger partial charge in [0.15, 0.2) is 0 Å². The van der Waals surface area contributed by atoms with Crippen LogP contribution in [0.3, 0.4) is 0 Å². The molecule has 0 aromatic heterocycles. The number of hydrogen-bond donors (Lipinski definition) is 2. The summed E-state index contributed by atoms with van der Waals surface area (Å²) in [5, 5.41) is 17.7. The molecule has 1 amide bonds. The maximum absolute atomic E-state index is 13.5. The summed E-state index contributed by atoms with van der Waals surface area (Å²) >= 11 is 5.81. The van der Waals surface area contributed by atoms with Gasteiger partial charge in [-0.1, -0.05) is 35.9 Å². The van der Waals surface area contributed by atoms with Crippen molar-refractivity contribution in [3.05, 3.63) is 58.1 Å². The molecule has 1 aliphatic heterocycles. The molecule has 154 valence electrons. The van der Waals surface area contributed by atoms with Gasteiger partial charge in [0, 0.05) is 13.1 Å². The van der Waals surface area contributed by atoms with Crippen molar-refractivity contribution in [1.82, 2.24) is 10.2 Å². The molecular formula is C20H15ClF3N5O. The van der Waals surface area contributed by atoms with E-state index in [4.69, 9.17) is 22.3 Å². The molecule has 2 aromatic rings. The number of amidine groups is 1. The lowest BCUT2D eigenvalue weighted by atomic mass is 9.96. The van der Waals surface area contributed by atoms with Crippen molar-refractivity contribution in [2.75, 3.05) is 6.54 Å². The quantitative estimate of drug-likeness (QED) is 0.564. The Bertz CT molecular complexity index is 1080. The first-order valence-corrected chi connectivity index (χ1v) is 9.08. The number of carbonyl (C=O) groups excluding carboxylic acids is 1. The Morgan fingerprint density at radius 1 is 1.30 bits per heavy atom. The van der Waals surface area contributed by atoms with Gasteiger partial charge < -0.3 is 10.2 Å². The van der Waals surface area contributed by atoms with E-state index < -0.39 is 17.6 Å². The standard InChI is InChI=1S/C20H15ClF3N5O/c21-16-3-1-2-15(19(16)20(22,23)24)12-4-5-13-9-29(10-14(13)6-12)18(30)8-27-11-28-17(26)7-25/h1-6,11H,8-10H2,(H2,26,27,28). The molecule has 0 aliphatic carbocycles. The highest BCUT2D eigenvalue weighted by atomic mass is 35.5. The summed E-state index contributed by atoms with van der Waals surface area (Å²) in [5.74, 6) is -0.739. The van der Waals surface area contributed by atoms with E-state index in [9.17, 15) is 18.0 Å².